The first kappa shape index (κ1) is 12.7. The molecule has 0 bridgehead atoms. The molecule has 0 atom stereocenters. The first-order valence-corrected chi connectivity index (χ1v) is 6.49. The number of aromatic nitrogens is 5. The molecule has 0 fully saturated rings. The minimum atomic E-state index is 0.165. The lowest BCUT2D eigenvalue weighted by molar-refractivity contribution is 0.898. The van der Waals surface area contributed by atoms with Crippen molar-refractivity contribution in [3.63, 3.8) is 0 Å². The van der Waals surface area contributed by atoms with Gasteiger partial charge in [-0.05, 0) is 31.0 Å². The Balaban J connectivity index is 2.14. The topological polar surface area (TPSA) is 56.5 Å². The van der Waals surface area contributed by atoms with E-state index >= 15 is 0 Å². The lowest BCUT2D eigenvalue weighted by atomic mass is 10.1. The maximum Gasteiger partial charge on any atom is 0.239 e. The molecule has 0 amide bonds. The number of hydrogen-bond acceptors (Lipinski definition) is 4. The van der Waals surface area contributed by atoms with Gasteiger partial charge in [0.25, 0.3) is 0 Å². The fourth-order valence-electron chi connectivity index (χ4n) is 2.02. The summed E-state index contributed by atoms with van der Waals surface area (Å²) in [6, 6.07) is 6.11. The summed E-state index contributed by atoms with van der Waals surface area (Å²) in [6.45, 7) is 4.07. The summed E-state index contributed by atoms with van der Waals surface area (Å²) in [5.41, 5.74) is 3.24. The van der Waals surface area contributed by atoms with Gasteiger partial charge in [-0.3, -0.25) is 4.57 Å². The zero-order chi connectivity index (χ0) is 14.1. The van der Waals surface area contributed by atoms with Gasteiger partial charge in [0.05, 0.1) is 0 Å². The fraction of sp³-hybridized carbons (Fsp3) is 0.143. The van der Waals surface area contributed by atoms with Crippen LogP contribution in [0.5, 0.6) is 0 Å². The number of nitrogens with zero attached hydrogens (tertiary/aromatic N) is 5. The Morgan fingerprint density at radius 3 is 2.65 bits per heavy atom. The SMILES string of the molecule is Cc1ccc(-c2nc(Cl)nc(-n3ccnc3)n2)c(C)c1. The maximum absolute atomic E-state index is 6.00. The summed E-state index contributed by atoms with van der Waals surface area (Å²) in [5, 5.41) is 0.165. The highest BCUT2D eigenvalue weighted by atomic mass is 35.5. The van der Waals surface area contributed by atoms with Gasteiger partial charge in [-0.15, -0.1) is 0 Å². The van der Waals surface area contributed by atoms with Crippen LogP contribution in [0.4, 0.5) is 0 Å². The molecule has 0 unspecified atom stereocenters. The van der Waals surface area contributed by atoms with Gasteiger partial charge in [0, 0.05) is 18.0 Å². The molecule has 0 spiro atoms. The van der Waals surface area contributed by atoms with E-state index in [1.165, 1.54) is 5.56 Å². The van der Waals surface area contributed by atoms with Crippen LogP contribution < -0.4 is 0 Å². The van der Waals surface area contributed by atoms with E-state index in [1.807, 2.05) is 26.0 Å². The van der Waals surface area contributed by atoms with E-state index in [-0.39, 0.29) is 5.28 Å². The molecule has 2 aromatic heterocycles. The first-order valence-electron chi connectivity index (χ1n) is 6.11. The van der Waals surface area contributed by atoms with Crippen molar-refractivity contribution in [2.24, 2.45) is 0 Å². The van der Waals surface area contributed by atoms with E-state index in [1.54, 1.807) is 23.3 Å². The molecule has 0 aliphatic heterocycles. The third kappa shape index (κ3) is 2.40. The van der Waals surface area contributed by atoms with Gasteiger partial charge in [0.1, 0.15) is 6.33 Å². The fourth-order valence-corrected chi connectivity index (χ4v) is 2.17. The molecule has 0 N–H and O–H groups in total. The highest BCUT2D eigenvalue weighted by molar-refractivity contribution is 6.28. The summed E-state index contributed by atoms with van der Waals surface area (Å²) in [6.07, 6.45) is 5.05. The molecular weight excluding hydrogens is 274 g/mol. The van der Waals surface area contributed by atoms with Crippen molar-refractivity contribution < 1.29 is 0 Å². The number of imidazole rings is 1. The first-order chi connectivity index (χ1) is 9.63. The predicted molar refractivity (Wildman–Crippen MR) is 76.9 cm³/mol. The van der Waals surface area contributed by atoms with Gasteiger partial charge in [-0.1, -0.05) is 23.8 Å². The van der Waals surface area contributed by atoms with Crippen molar-refractivity contribution in [1.82, 2.24) is 24.5 Å². The molecule has 3 rings (SSSR count). The number of aryl methyl sites for hydroxylation is 2. The average Bonchev–Trinajstić information content (AvgIpc) is 2.91. The zero-order valence-electron chi connectivity index (χ0n) is 11.1. The molecule has 0 saturated carbocycles. The lowest BCUT2D eigenvalue weighted by Gasteiger charge is -2.07. The van der Waals surface area contributed by atoms with Crippen molar-refractivity contribution in [3.05, 3.63) is 53.3 Å². The number of rotatable bonds is 2. The summed E-state index contributed by atoms with van der Waals surface area (Å²) in [5.74, 6) is 1.02. The van der Waals surface area contributed by atoms with Crippen LogP contribution in [0.15, 0.2) is 36.9 Å². The van der Waals surface area contributed by atoms with Crippen LogP contribution in [0.1, 0.15) is 11.1 Å². The van der Waals surface area contributed by atoms with Gasteiger partial charge in [0.15, 0.2) is 5.82 Å². The van der Waals surface area contributed by atoms with Crippen LogP contribution in [-0.2, 0) is 0 Å². The Bertz CT molecular complexity index is 752. The summed E-state index contributed by atoms with van der Waals surface area (Å²) in [4.78, 5) is 16.8. The quantitative estimate of drug-likeness (QED) is 0.726. The van der Waals surface area contributed by atoms with Gasteiger partial charge in [-0.25, -0.2) is 4.98 Å². The van der Waals surface area contributed by atoms with Crippen LogP contribution in [0.2, 0.25) is 5.28 Å². The maximum atomic E-state index is 6.00. The Kier molecular flexibility index (Phi) is 3.20. The molecule has 1 aromatic carbocycles. The van der Waals surface area contributed by atoms with Gasteiger partial charge in [-0.2, -0.15) is 15.0 Å². The summed E-state index contributed by atoms with van der Waals surface area (Å²) < 4.78 is 1.70. The van der Waals surface area contributed by atoms with Crippen molar-refractivity contribution in [2.75, 3.05) is 0 Å². The van der Waals surface area contributed by atoms with Crippen molar-refractivity contribution in [3.8, 4) is 17.3 Å². The van der Waals surface area contributed by atoms with E-state index in [0.717, 1.165) is 11.1 Å². The Morgan fingerprint density at radius 2 is 1.95 bits per heavy atom. The second kappa shape index (κ2) is 5.02. The van der Waals surface area contributed by atoms with E-state index in [2.05, 4.69) is 26.0 Å². The van der Waals surface area contributed by atoms with Crippen LogP contribution in [0, 0.1) is 13.8 Å². The molecule has 6 heteroatoms. The molecule has 5 nitrogen and oxygen atoms in total. The summed E-state index contributed by atoms with van der Waals surface area (Å²) >= 11 is 6.00. The van der Waals surface area contributed by atoms with Crippen molar-refractivity contribution in [1.29, 1.82) is 0 Å². The molecule has 2 heterocycles. The monoisotopic (exact) mass is 285 g/mol. The van der Waals surface area contributed by atoms with Crippen LogP contribution in [0.25, 0.3) is 17.3 Å². The standard InChI is InChI=1S/C14H12ClN5/c1-9-3-4-11(10(2)7-9)12-17-13(15)19-14(18-12)20-6-5-16-8-20/h3-8H,1-2H3. The van der Waals surface area contributed by atoms with E-state index < -0.39 is 0 Å². The van der Waals surface area contributed by atoms with Crippen LogP contribution >= 0.6 is 11.6 Å². The minimum Gasteiger partial charge on any atom is -0.274 e. The number of hydrogen-bond donors (Lipinski definition) is 0. The molecule has 0 radical (unpaired) electrons. The number of benzene rings is 1. The zero-order valence-corrected chi connectivity index (χ0v) is 11.8. The highest BCUT2D eigenvalue weighted by Gasteiger charge is 2.10. The van der Waals surface area contributed by atoms with E-state index in [9.17, 15) is 0 Å². The lowest BCUT2D eigenvalue weighted by Crippen LogP contribution is -2.03. The van der Waals surface area contributed by atoms with Gasteiger partial charge >= 0.3 is 0 Å². The molecule has 0 aliphatic rings. The Hall–Kier alpha value is -2.27. The molecular formula is C14H12ClN5. The smallest absolute Gasteiger partial charge is 0.239 e. The van der Waals surface area contributed by atoms with Gasteiger partial charge < -0.3 is 0 Å². The summed E-state index contributed by atoms with van der Waals surface area (Å²) in [7, 11) is 0. The Morgan fingerprint density at radius 1 is 1.10 bits per heavy atom. The second-order valence-electron chi connectivity index (χ2n) is 4.52. The molecule has 0 saturated heterocycles. The largest absolute Gasteiger partial charge is 0.274 e. The third-order valence-electron chi connectivity index (χ3n) is 2.95. The molecule has 0 aliphatic carbocycles. The second-order valence-corrected chi connectivity index (χ2v) is 4.85. The molecule has 100 valence electrons. The van der Waals surface area contributed by atoms with Crippen molar-refractivity contribution in [2.45, 2.75) is 13.8 Å². The van der Waals surface area contributed by atoms with Crippen molar-refractivity contribution >= 4 is 11.6 Å². The number of halogens is 1. The van der Waals surface area contributed by atoms with E-state index in [0.29, 0.717) is 11.8 Å². The minimum absolute atomic E-state index is 0.165. The highest BCUT2D eigenvalue weighted by Crippen LogP contribution is 2.22. The van der Waals surface area contributed by atoms with Crippen LogP contribution in [-0.4, -0.2) is 24.5 Å². The Labute approximate surface area is 121 Å². The molecule has 3 aromatic rings. The van der Waals surface area contributed by atoms with Gasteiger partial charge in [0.2, 0.25) is 11.2 Å². The molecule has 20 heavy (non-hydrogen) atoms. The van der Waals surface area contributed by atoms with Crippen LogP contribution in [0.3, 0.4) is 0 Å². The van der Waals surface area contributed by atoms with E-state index in [4.69, 9.17) is 11.6 Å². The predicted octanol–water partition coefficient (Wildman–Crippen LogP) is 2.99. The third-order valence-corrected chi connectivity index (χ3v) is 3.12. The normalized spacial score (nSPS) is 10.8. The average molecular weight is 286 g/mol.